The smallest absolute Gasteiger partial charge is 0.411 e. The number of carbonyl (C=O) groups is 1. The molecule has 0 bridgehead atoms. The van der Waals surface area contributed by atoms with Crippen molar-refractivity contribution in [1.82, 2.24) is 14.8 Å². The predicted octanol–water partition coefficient (Wildman–Crippen LogP) is 4.01. The zero-order valence-electron chi connectivity index (χ0n) is 25.9. The summed E-state index contributed by atoms with van der Waals surface area (Å²) in [7, 11) is -4.28. The summed E-state index contributed by atoms with van der Waals surface area (Å²) in [5, 5.41) is 18.2. The third kappa shape index (κ3) is 9.00. The minimum absolute atomic E-state index is 0.00512. The molecule has 3 heterocycles. The third-order valence-corrected chi connectivity index (χ3v) is 9.76. The first-order chi connectivity index (χ1) is 22.3. The van der Waals surface area contributed by atoms with Crippen molar-refractivity contribution in [2.24, 2.45) is 11.8 Å². The van der Waals surface area contributed by atoms with Gasteiger partial charge in [-0.3, -0.25) is 0 Å². The number of nitrogens with zero attached hydrogens (tertiary/aromatic N) is 2. The van der Waals surface area contributed by atoms with Gasteiger partial charge < -0.3 is 33.9 Å². The second kappa shape index (κ2) is 14.9. The second-order valence-electron chi connectivity index (χ2n) is 12.1. The molecular weight excluding hydrogens is 647 g/mol. The monoisotopic (exact) mass is 685 g/mol. The molecule has 1 amide bonds. The summed E-state index contributed by atoms with van der Waals surface area (Å²) >= 11 is 0. The second-order valence-corrected chi connectivity index (χ2v) is 14.0. The molecule has 0 spiro atoms. The van der Waals surface area contributed by atoms with Crippen LogP contribution in [0.1, 0.15) is 31.5 Å². The maximum Gasteiger partial charge on any atom is 0.411 e. The number of halogens is 3. The summed E-state index contributed by atoms with van der Waals surface area (Å²) in [5.74, 6) is -0.249. The van der Waals surface area contributed by atoms with Crippen molar-refractivity contribution in [1.29, 1.82) is 0 Å². The summed E-state index contributed by atoms with van der Waals surface area (Å²) in [6.45, 7) is 1.90. The van der Waals surface area contributed by atoms with Gasteiger partial charge in [0.25, 0.3) is 0 Å². The highest BCUT2D eigenvalue weighted by Crippen LogP contribution is 2.33. The molecule has 1 aromatic heterocycles. The number of carbonyl (C=O) groups excluding carboxylic acids is 1. The summed E-state index contributed by atoms with van der Waals surface area (Å²) in [4.78, 5) is 12.9. The lowest BCUT2D eigenvalue weighted by Gasteiger charge is -2.31. The number of aromatic nitrogens is 1. The van der Waals surface area contributed by atoms with E-state index in [-0.39, 0.29) is 59.5 Å². The molecule has 2 aliphatic heterocycles. The molecule has 3 aromatic rings. The molecule has 12 nitrogen and oxygen atoms in total. The van der Waals surface area contributed by atoms with Gasteiger partial charge in [-0.1, -0.05) is 49.3 Å². The van der Waals surface area contributed by atoms with Gasteiger partial charge in [-0.2, -0.15) is 17.5 Å². The van der Waals surface area contributed by atoms with Crippen LogP contribution in [-0.4, -0.2) is 92.7 Å². The number of sulfonamides is 1. The quantitative estimate of drug-likeness (QED) is 0.255. The Kier molecular flexibility index (Phi) is 11.1. The van der Waals surface area contributed by atoms with Crippen molar-refractivity contribution in [3.63, 3.8) is 0 Å². The molecule has 0 saturated carbocycles. The number of benzene rings is 2. The van der Waals surface area contributed by atoms with Crippen LogP contribution < -0.4 is 5.32 Å². The number of aliphatic hydroxyl groups is 1. The van der Waals surface area contributed by atoms with Crippen LogP contribution in [0.5, 0.6) is 0 Å². The van der Waals surface area contributed by atoms with Crippen molar-refractivity contribution in [3.05, 3.63) is 59.8 Å². The van der Waals surface area contributed by atoms with Gasteiger partial charge in [0.2, 0.25) is 10.0 Å². The summed E-state index contributed by atoms with van der Waals surface area (Å²) in [6.07, 6.45) is -6.78. The Labute approximate surface area is 270 Å². The van der Waals surface area contributed by atoms with Crippen LogP contribution in [0.2, 0.25) is 0 Å². The van der Waals surface area contributed by atoms with Crippen LogP contribution >= 0.6 is 0 Å². The SMILES string of the molecule is CC(C)CN(C[C@@H](O)[C@H](Cc1ccccc1)NC(=O)O[C@H]1CO[C@H]2OCC[C@H]21)S(=O)(=O)c1ccc2onc(COCC(F)(F)F)c2c1. The Morgan fingerprint density at radius 2 is 1.91 bits per heavy atom. The molecule has 0 radical (unpaired) electrons. The van der Waals surface area contributed by atoms with E-state index in [0.717, 1.165) is 9.87 Å². The minimum atomic E-state index is -4.55. The fourth-order valence-corrected chi connectivity index (χ4v) is 7.33. The first-order valence-corrected chi connectivity index (χ1v) is 16.7. The molecule has 2 aromatic carbocycles. The van der Waals surface area contributed by atoms with Crippen LogP contribution in [0.3, 0.4) is 0 Å². The normalized spacial score (nSPS) is 21.3. The summed E-state index contributed by atoms with van der Waals surface area (Å²) in [6, 6.07) is 12.1. The highest BCUT2D eigenvalue weighted by molar-refractivity contribution is 7.89. The van der Waals surface area contributed by atoms with Gasteiger partial charge in [-0.05, 0) is 42.5 Å². The lowest BCUT2D eigenvalue weighted by molar-refractivity contribution is -0.176. The predicted molar refractivity (Wildman–Crippen MR) is 160 cm³/mol. The van der Waals surface area contributed by atoms with E-state index in [1.165, 1.54) is 18.2 Å². The molecule has 2 fully saturated rings. The van der Waals surface area contributed by atoms with E-state index in [4.69, 9.17) is 23.5 Å². The minimum Gasteiger partial charge on any atom is -0.443 e. The van der Waals surface area contributed by atoms with E-state index >= 15 is 0 Å². The van der Waals surface area contributed by atoms with E-state index in [1.54, 1.807) is 0 Å². The fourth-order valence-electron chi connectivity index (χ4n) is 5.68. The number of alkyl carbamates (subject to hydrolysis) is 1. The molecule has 258 valence electrons. The van der Waals surface area contributed by atoms with Gasteiger partial charge in [0, 0.05) is 18.5 Å². The number of alkyl halides is 3. The number of rotatable bonds is 14. The summed E-state index contributed by atoms with van der Waals surface area (Å²) in [5.41, 5.74) is 0.964. The molecule has 47 heavy (non-hydrogen) atoms. The maximum absolute atomic E-state index is 14.0. The van der Waals surface area contributed by atoms with Crippen molar-refractivity contribution in [2.75, 3.05) is 32.9 Å². The number of fused-ring (bicyclic) bond motifs is 2. The Balaban J connectivity index is 1.34. The van der Waals surface area contributed by atoms with Crippen molar-refractivity contribution >= 4 is 27.1 Å². The number of hydrogen-bond donors (Lipinski definition) is 2. The van der Waals surface area contributed by atoms with Gasteiger partial charge in [0.1, 0.15) is 18.4 Å². The Morgan fingerprint density at radius 3 is 2.64 bits per heavy atom. The lowest BCUT2D eigenvalue weighted by atomic mass is 10.0. The highest BCUT2D eigenvalue weighted by atomic mass is 32.2. The molecule has 16 heteroatoms. The first kappa shape index (κ1) is 35.0. The number of aliphatic hydroxyl groups excluding tert-OH is 1. The molecule has 2 aliphatic rings. The third-order valence-electron chi connectivity index (χ3n) is 7.93. The van der Waals surface area contributed by atoms with E-state index in [0.29, 0.717) is 13.0 Å². The summed E-state index contributed by atoms with van der Waals surface area (Å²) < 4.78 is 93.5. The Bertz CT molecular complexity index is 1600. The van der Waals surface area contributed by atoms with Gasteiger partial charge in [-0.15, -0.1) is 0 Å². The first-order valence-electron chi connectivity index (χ1n) is 15.3. The van der Waals surface area contributed by atoms with Crippen LogP contribution in [0, 0.1) is 11.8 Å². The van der Waals surface area contributed by atoms with Crippen molar-refractivity contribution < 1.29 is 55.0 Å². The van der Waals surface area contributed by atoms with Crippen LogP contribution in [0.15, 0.2) is 57.9 Å². The Hall–Kier alpha value is -3.28. The van der Waals surface area contributed by atoms with E-state index < -0.39 is 60.0 Å². The number of hydrogen-bond acceptors (Lipinski definition) is 10. The fraction of sp³-hybridized carbons (Fsp3) is 0.548. The average Bonchev–Trinajstić information content (AvgIpc) is 3.74. The van der Waals surface area contributed by atoms with Crippen molar-refractivity contribution in [2.45, 2.75) is 68.9 Å². The van der Waals surface area contributed by atoms with E-state index in [1.807, 2.05) is 44.2 Å². The zero-order chi connectivity index (χ0) is 33.8. The largest absolute Gasteiger partial charge is 0.443 e. The van der Waals surface area contributed by atoms with Gasteiger partial charge in [0.05, 0.1) is 42.8 Å². The average molecular weight is 686 g/mol. The number of nitrogens with one attached hydrogen (secondary N) is 1. The van der Waals surface area contributed by atoms with E-state index in [2.05, 4.69) is 10.5 Å². The van der Waals surface area contributed by atoms with Gasteiger partial charge in [0.15, 0.2) is 11.9 Å². The Morgan fingerprint density at radius 1 is 1.15 bits per heavy atom. The van der Waals surface area contributed by atoms with Gasteiger partial charge in [-0.25, -0.2) is 13.2 Å². The molecule has 0 aliphatic carbocycles. The number of amides is 1. The molecule has 5 atom stereocenters. The molecular formula is C31H38F3N3O9S. The lowest BCUT2D eigenvalue weighted by Crippen LogP contribution is -2.51. The molecule has 0 unspecified atom stereocenters. The molecule has 2 N–H and O–H groups in total. The molecule has 5 rings (SSSR count). The standard InChI is InChI=1S/C31H38F3N3O9S/c1-19(2)14-37(47(40,41)21-8-9-27-23(13-21)25(36-46-27)16-42-18-31(32,33)34)15-26(38)24(12-20-6-4-3-5-7-20)35-30(39)45-28-17-44-29-22(28)10-11-43-29/h3-9,13,19,22,24,26,28-29,38H,10-12,14-18H2,1-2H3,(H,35,39)/t22-,24-,26+,28-,29+/m0/s1. The van der Waals surface area contributed by atoms with Crippen LogP contribution in [-0.2, 0) is 42.0 Å². The van der Waals surface area contributed by atoms with Gasteiger partial charge >= 0.3 is 12.3 Å². The van der Waals surface area contributed by atoms with Crippen LogP contribution in [0.4, 0.5) is 18.0 Å². The van der Waals surface area contributed by atoms with E-state index in [9.17, 15) is 31.5 Å². The molecule has 2 saturated heterocycles. The number of ether oxygens (including phenoxy) is 4. The highest BCUT2D eigenvalue weighted by Gasteiger charge is 2.44. The van der Waals surface area contributed by atoms with Crippen molar-refractivity contribution in [3.8, 4) is 0 Å². The maximum atomic E-state index is 14.0. The van der Waals surface area contributed by atoms with Crippen LogP contribution in [0.25, 0.3) is 11.0 Å². The topological polar surface area (TPSA) is 150 Å². The zero-order valence-corrected chi connectivity index (χ0v) is 26.7.